The van der Waals surface area contributed by atoms with Crippen molar-refractivity contribution < 1.29 is 5.11 Å². The standard InChI is InChI=1S/C9H12ClNO/c10-5-9(12)8-3-1-7(6-11)2-4-8/h1-4,9,12H,5-6,11H2. The predicted octanol–water partition coefficient (Wildman–Crippen LogP) is 1.42. The molecule has 66 valence electrons. The van der Waals surface area contributed by atoms with Gasteiger partial charge in [0.2, 0.25) is 0 Å². The van der Waals surface area contributed by atoms with Gasteiger partial charge in [0.1, 0.15) is 0 Å². The molecule has 0 radical (unpaired) electrons. The number of nitrogens with two attached hydrogens (primary N) is 1. The van der Waals surface area contributed by atoms with E-state index in [1.807, 2.05) is 24.3 Å². The Balaban J connectivity index is 2.77. The monoisotopic (exact) mass is 185 g/mol. The summed E-state index contributed by atoms with van der Waals surface area (Å²) in [5.41, 5.74) is 7.31. The highest BCUT2D eigenvalue weighted by Gasteiger charge is 2.03. The molecule has 1 atom stereocenters. The first kappa shape index (κ1) is 9.52. The van der Waals surface area contributed by atoms with Crippen LogP contribution in [0.25, 0.3) is 0 Å². The average molecular weight is 186 g/mol. The van der Waals surface area contributed by atoms with Crippen LogP contribution in [0.5, 0.6) is 0 Å². The van der Waals surface area contributed by atoms with Crippen molar-refractivity contribution in [3.05, 3.63) is 35.4 Å². The molecule has 3 N–H and O–H groups in total. The molecule has 0 fully saturated rings. The molecule has 12 heavy (non-hydrogen) atoms. The van der Waals surface area contributed by atoms with Crippen LogP contribution >= 0.6 is 11.6 Å². The van der Waals surface area contributed by atoms with Gasteiger partial charge in [0.25, 0.3) is 0 Å². The molecule has 1 aromatic rings. The summed E-state index contributed by atoms with van der Waals surface area (Å²) in [6.07, 6.45) is -0.571. The van der Waals surface area contributed by atoms with Crippen LogP contribution in [0.15, 0.2) is 24.3 Å². The summed E-state index contributed by atoms with van der Waals surface area (Å²) >= 11 is 5.49. The fraction of sp³-hybridized carbons (Fsp3) is 0.333. The summed E-state index contributed by atoms with van der Waals surface area (Å²) in [6.45, 7) is 0.525. The Hall–Kier alpha value is -0.570. The van der Waals surface area contributed by atoms with Gasteiger partial charge in [0.05, 0.1) is 12.0 Å². The molecule has 0 spiro atoms. The van der Waals surface area contributed by atoms with Crippen molar-refractivity contribution in [1.29, 1.82) is 0 Å². The van der Waals surface area contributed by atoms with Crippen LogP contribution in [-0.4, -0.2) is 11.0 Å². The molecule has 0 saturated carbocycles. The molecular weight excluding hydrogens is 174 g/mol. The molecule has 0 aromatic heterocycles. The molecule has 0 aliphatic heterocycles. The average Bonchev–Trinajstić information content (AvgIpc) is 2.17. The third-order valence-electron chi connectivity index (χ3n) is 1.75. The molecule has 2 nitrogen and oxygen atoms in total. The lowest BCUT2D eigenvalue weighted by atomic mass is 10.1. The molecule has 0 bridgehead atoms. The first-order chi connectivity index (χ1) is 5.77. The van der Waals surface area contributed by atoms with Gasteiger partial charge in [0.15, 0.2) is 0 Å². The van der Waals surface area contributed by atoms with Gasteiger partial charge in [-0.2, -0.15) is 0 Å². The first-order valence-corrected chi connectivity index (χ1v) is 4.34. The van der Waals surface area contributed by atoms with E-state index in [1.54, 1.807) is 0 Å². The number of hydrogen-bond donors (Lipinski definition) is 2. The number of aliphatic hydroxyl groups excluding tert-OH is 1. The lowest BCUT2D eigenvalue weighted by Crippen LogP contribution is -2.00. The SMILES string of the molecule is NCc1ccc(C(O)CCl)cc1. The van der Waals surface area contributed by atoms with Crippen LogP contribution in [0.4, 0.5) is 0 Å². The molecule has 0 saturated heterocycles. The van der Waals surface area contributed by atoms with Crippen molar-refractivity contribution in [2.45, 2.75) is 12.6 Å². The minimum absolute atomic E-state index is 0.224. The second-order valence-electron chi connectivity index (χ2n) is 2.62. The van der Waals surface area contributed by atoms with Gasteiger partial charge in [-0.05, 0) is 11.1 Å². The first-order valence-electron chi connectivity index (χ1n) is 3.81. The highest BCUT2D eigenvalue weighted by molar-refractivity contribution is 6.18. The summed E-state index contributed by atoms with van der Waals surface area (Å²) in [7, 11) is 0. The molecular formula is C9H12ClNO. The van der Waals surface area contributed by atoms with Gasteiger partial charge < -0.3 is 10.8 Å². The molecule has 0 aliphatic carbocycles. The van der Waals surface area contributed by atoms with Crippen LogP contribution in [0.3, 0.4) is 0 Å². The summed E-state index contributed by atoms with van der Waals surface area (Å²) in [6, 6.07) is 7.47. The van der Waals surface area contributed by atoms with Crippen molar-refractivity contribution in [2.24, 2.45) is 5.73 Å². The van der Waals surface area contributed by atoms with Crippen molar-refractivity contribution in [1.82, 2.24) is 0 Å². The molecule has 1 rings (SSSR count). The normalized spacial score (nSPS) is 12.9. The van der Waals surface area contributed by atoms with Gasteiger partial charge in [0, 0.05) is 6.54 Å². The van der Waals surface area contributed by atoms with Crippen LogP contribution in [0.1, 0.15) is 17.2 Å². The fourth-order valence-corrected chi connectivity index (χ4v) is 1.14. The van der Waals surface area contributed by atoms with Crippen molar-refractivity contribution >= 4 is 11.6 Å². The van der Waals surface area contributed by atoms with E-state index in [1.165, 1.54) is 0 Å². The smallest absolute Gasteiger partial charge is 0.0925 e. The van der Waals surface area contributed by atoms with E-state index >= 15 is 0 Å². The lowest BCUT2D eigenvalue weighted by Gasteiger charge is -2.06. The third kappa shape index (κ3) is 2.21. The minimum Gasteiger partial charge on any atom is -0.387 e. The maximum atomic E-state index is 9.33. The second kappa shape index (κ2) is 4.45. The molecule has 3 heteroatoms. The van der Waals surface area contributed by atoms with Gasteiger partial charge in [-0.15, -0.1) is 11.6 Å². The van der Waals surface area contributed by atoms with E-state index in [9.17, 15) is 5.11 Å². The molecule has 0 amide bonds. The van der Waals surface area contributed by atoms with E-state index in [0.29, 0.717) is 6.54 Å². The summed E-state index contributed by atoms with van der Waals surface area (Å²) in [5.74, 6) is 0.224. The van der Waals surface area contributed by atoms with E-state index < -0.39 is 6.10 Å². The molecule has 0 aliphatic rings. The zero-order valence-corrected chi connectivity index (χ0v) is 7.46. The fourth-order valence-electron chi connectivity index (χ4n) is 0.965. The summed E-state index contributed by atoms with van der Waals surface area (Å²) in [4.78, 5) is 0. The number of halogens is 1. The van der Waals surface area contributed by atoms with E-state index in [2.05, 4.69) is 0 Å². The Morgan fingerprint density at radius 3 is 2.33 bits per heavy atom. The van der Waals surface area contributed by atoms with E-state index in [4.69, 9.17) is 17.3 Å². The number of hydrogen-bond acceptors (Lipinski definition) is 2. The lowest BCUT2D eigenvalue weighted by molar-refractivity contribution is 0.202. The highest BCUT2D eigenvalue weighted by atomic mass is 35.5. The highest BCUT2D eigenvalue weighted by Crippen LogP contribution is 2.14. The Labute approximate surface area is 77.0 Å². The third-order valence-corrected chi connectivity index (χ3v) is 2.04. The molecule has 1 aromatic carbocycles. The van der Waals surface area contributed by atoms with Gasteiger partial charge in [-0.25, -0.2) is 0 Å². The second-order valence-corrected chi connectivity index (χ2v) is 2.92. The largest absolute Gasteiger partial charge is 0.387 e. The van der Waals surface area contributed by atoms with Crippen LogP contribution in [-0.2, 0) is 6.54 Å². The Morgan fingerprint density at radius 1 is 1.33 bits per heavy atom. The van der Waals surface area contributed by atoms with E-state index in [-0.39, 0.29) is 5.88 Å². The zero-order chi connectivity index (χ0) is 8.97. The summed E-state index contributed by atoms with van der Waals surface area (Å²) in [5, 5.41) is 9.33. The topological polar surface area (TPSA) is 46.2 Å². The zero-order valence-electron chi connectivity index (χ0n) is 6.70. The quantitative estimate of drug-likeness (QED) is 0.700. The Morgan fingerprint density at radius 2 is 1.92 bits per heavy atom. The number of alkyl halides is 1. The van der Waals surface area contributed by atoms with E-state index in [0.717, 1.165) is 11.1 Å². The van der Waals surface area contributed by atoms with Crippen LogP contribution in [0.2, 0.25) is 0 Å². The van der Waals surface area contributed by atoms with Gasteiger partial charge in [-0.1, -0.05) is 24.3 Å². The van der Waals surface area contributed by atoms with Crippen molar-refractivity contribution in [2.75, 3.05) is 5.88 Å². The number of benzene rings is 1. The molecule has 0 heterocycles. The van der Waals surface area contributed by atoms with Gasteiger partial charge >= 0.3 is 0 Å². The Kier molecular flexibility index (Phi) is 3.53. The van der Waals surface area contributed by atoms with Gasteiger partial charge in [-0.3, -0.25) is 0 Å². The summed E-state index contributed by atoms with van der Waals surface area (Å²) < 4.78 is 0. The van der Waals surface area contributed by atoms with Crippen LogP contribution < -0.4 is 5.73 Å². The molecule has 1 unspecified atom stereocenters. The Bertz CT molecular complexity index is 235. The number of aliphatic hydroxyl groups is 1. The van der Waals surface area contributed by atoms with Crippen molar-refractivity contribution in [3.8, 4) is 0 Å². The van der Waals surface area contributed by atoms with Crippen molar-refractivity contribution in [3.63, 3.8) is 0 Å². The maximum absolute atomic E-state index is 9.33. The number of rotatable bonds is 3. The predicted molar refractivity (Wildman–Crippen MR) is 50.0 cm³/mol. The maximum Gasteiger partial charge on any atom is 0.0925 e. The minimum atomic E-state index is -0.571. The van der Waals surface area contributed by atoms with Crippen LogP contribution in [0, 0.1) is 0 Å².